The van der Waals surface area contributed by atoms with Gasteiger partial charge in [0.05, 0.1) is 6.61 Å². The lowest BCUT2D eigenvalue weighted by Gasteiger charge is -2.13. The highest BCUT2D eigenvalue weighted by Crippen LogP contribution is 2.32. The van der Waals surface area contributed by atoms with Crippen LogP contribution in [0.1, 0.15) is 18.9 Å². The minimum Gasteiger partial charge on any atom is -0.383 e. The monoisotopic (exact) mass is 372 g/mol. The Morgan fingerprint density at radius 3 is 2.56 bits per heavy atom. The molecule has 142 valence electrons. The van der Waals surface area contributed by atoms with Crippen molar-refractivity contribution < 1.29 is 18.3 Å². The van der Waals surface area contributed by atoms with Gasteiger partial charge in [-0.3, -0.25) is 4.79 Å². The molecule has 0 aliphatic heterocycles. The molecular weight excluding hydrogens is 350 g/mol. The van der Waals surface area contributed by atoms with Gasteiger partial charge in [-0.1, -0.05) is 0 Å². The molecule has 0 bridgehead atoms. The van der Waals surface area contributed by atoms with Gasteiger partial charge in [0, 0.05) is 36.2 Å². The van der Waals surface area contributed by atoms with E-state index in [1.165, 1.54) is 24.3 Å². The van der Waals surface area contributed by atoms with E-state index >= 15 is 0 Å². The van der Waals surface area contributed by atoms with Gasteiger partial charge < -0.3 is 15.0 Å². The first-order valence-electron chi connectivity index (χ1n) is 8.82. The van der Waals surface area contributed by atoms with Crippen molar-refractivity contribution >= 4 is 16.8 Å². The maximum atomic E-state index is 13.8. The molecule has 1 amide bonds. The maximum absolute atomic E-state index is 13.8. The molecule has 0 unspecified atom stereocenters. The van der Waals surface area contributed by atoms with Gasteiger partial charge in [-0.05, 0) is 66.9 Å². The fourth-order valence-electron chi connectivity index (χ4n) is 3.22. The number of fused-ring (bicyclic) bond motifs is 1. The zero-order chi connectivity index (χ0) is 19.4. The average Bonchev–Trinajstić information content (AvgIpc) is 2.98. The Morgan fingerprint density at radius 1 is 1.15 bits per heavy atom. The number of rotatable bonds is 7. The van der Waals surface area contributed by atoms with Crippen LogP contribution in [0.2, 0.25) is 0 Å². The molecule has 27 heavy (non-hydrogen) atoms. The number of carbonyl (C=O) groups is 1. The van der Waals surface area contributed by atoms with Gasteiger partial charge >= 0.3 is 0 Å². The summed E-state index contributed by atoms with van der Waals surface area (Å²) < 4.78 is 32.1. The first-order chi connectivity index (χ1) is 13.0. The second-order valence-corrected chi connectivity index (χ2v) is 6.60. The predicted octanol–water partition coefficient (Wildman–Crippen LogP) is 4.20. The molecule has 2 aromatic carbocycles. The van der Waals surface area contributed by atoms with E-state index in [2.05, 4.69) is 10.3 Å². The van der Waals surface area contributed by atoms with Gasteiger partial charge in [0.15, 0.2) is 0 Å². The minimum absolute atomic E-state index is 0.0838. The number of aryl methyl sites for hydroxylation is 1. The summed E-state index contributed by atoms with van der Waals surface area (Å²) >= 11 is 0. The molecular formula is C21H22F2N2O2. The summed E-state index contributed by atoms with van der Waals surface area (Å²) in [4.78, 5) is 15.5. The number of ether oxygens (including phenoxy) is 1. The fourth-order valence-corrected chi connectivity index (χ4v) is 3.22. The van der Waals surface area contributed by atoms with Crippen molar-refractivity contribution in [3.8, 4) is 11.3 Å². The molecule has 1 heterocycles. The topological polar surface area (TPSA) is 54.1 Å². The molecule has 0 radical (unpaired) electrons. The molecule has 4 nitrogen and oxygen atoms in total. The van der Waals surface area contributed by atoms with Crippen molar-refractivity contribution in [2.75, 3.05) is 13.7 Å². The number of H-pyrrole nitrogens is 1. The number of hydrogen-bond donors (Lipinski definition) is 2. The quantitative estimate of drug-likeness (QED) is 0.653. The molecule has 0 aliphatic carbocycles. The number of carbonyl (C=O) groups excluding carboxylic acids is 1. The van der Waals surface area contributed by atoms with Crippen molar-refractivity contribution in [3.63, 3.8) is 0 Å². The average molecular weight is 372 g/mol. The van der Waals surface area contributed by atoms with Crippen LogP contribution >= 0.6 is 0 Å². The summed E-state index contributed by atoms with van der Waals surface area (Å²) in [6, 6.07) is 10.5. The van der Waals surface area contributed by atoms with Gasteiger partial charge in [-0.25, -0.2) is 8.78 Å². The number of nitrogens with one attached hydrogen (secondary N) is 2. The third-order valence-electron chi connectivity index (χ3n) is 4.43. The summed E-state index contributed by atoms with van der Waals surface area (Å²) in [7, 11) is 1.58. The smallest absolute Gasteiger partial charge is 0.220 e. The fraction of sp³-hybridized carbons (Fsp3) is 0.286. The summed E-state index contributed by atoms with van der Waals surface area (Å²) in [6.45, 7) is 2.30. The van der Waals surface area contributed by atoms with Gasteiger partial charge in [-0.2, -0.15) is 0 Å². The van der Waals surface area contributed by atoms with Crippen molar-refractivity contribution in [2.45, 2.75) is 25.8 Å². The standard InChI is InChI=1S/C21H22F2N2O2/c1-13(12-27-2)24-20(26)10-8-17-18-11-16(23)7-9-19(18)25-21(17)14-3-5-15(22)6-4-14/h3-7,9,11,13,25H,8,10,12H2,1-2H3,(H,24,26)/t13-/m0/s1. The largest absolute Gasteiger partial charge is 0.383 e. The zero-order valence-electron chi connectivity index (χ0n) is 15.3. The van der Waals surface area contributed by atoms with E-state index in [1.54, 1.807) is 25.3 Å². The molecule has 0 saturated heterocycles. The van der Waals surface area contributed by atoms with Crippen molar-refractivity contribution in [1.29, 1.82) is 0 Å². The summed E-state index contributed by atoms with van der Waals surface area (Å²) in [5.41, 5.74) is 3.18. The lowest BCUT2D eigenvalue weighted by atomic mass is 10.0. The SMILES string of the molecule is COC[C@H](C)NC(=O)CCc1c(-c2ccc(F)cc2)[nH]c2ccc(F)cc12. The van der Waals surface area contributed by atoms with E-state index in [1.807, 2.05) is 6.92 Å². The lowest BCUT2D eigenvalue weighted by Crippen LogP contribution is -2.35. The van der Waals surface area contributed by atoms with Crippen LogP contribution in [0, 0.1) is 11.6 Å². The highest BCUT2D eigenvalue weighted by molar-refractivity contribution is 5.91. The number of halogens is 2. The number of aromatic amines is 1. The third-order valence-corrected chi connectivity index (χ3v) is 4.43. The van der Waals surface area contributed by atoms with Gasteiger partial charge in [0.25, 0.3) is 0 Å². The highest BCUT2D eigenvalue weighted by atomic mass is 19.1. The molecule has 6 heteroatoms. The van der Waals surface area contributed by atoms with Crippen LogP contribution in [-0.4, -0.2) is 30.6 Å². The first-order valence-corrected chi connectivity index (χ1v) is 8.82. The number of hydrogen-bond acceptors (Lipinski definition) is 2. The second kappa shape index (κ2) is 8.31. The number of aromatic nitrogens is 1. The molecule has 2 N–H and O–H groups in total. The molecule has 1 atom stereocenters. The molecule has 3 rings (SSSR count). The summed E-state index contributed by atoms with van der Waals surface area (Å²) in [5.74, 6) is -0.768. The van der Waals surface area contributed by atoms with E-state index in [4.69, 9.17) is 4.74 Å². The van der Waals surface area contributed by atoms with Crippen LogP contribution in [0.15, 0.2) is 42.5 Å². The van der Waals surface area contributed by atoms with Crippen molar-refractivity contribution in [1.82, 2.24) is 10.3 Å². The Morgan fingerprint density at radius 2 is 1.85 bits per heavy atom. The van der Waals surface area contributed by atoms with Gasteiger partial charge in [0.1, 0.15) is 11.6 Å². The van der Waals surface area contributed by atoms with Crippen LogP contribution in [0.3, 0.4) is 0 Å². The van der Waals surface area contributed by atoms with Crippen LogP contribution in [-0.2, 0) is 16.0 Å². The van der Waals surface area contributed by atoms with E-state index < -0.39 is 0 Å². The highest BCUT2D eigenvalue weighted by Gasteiger charge is 2.16. The van der Waals surface area contributed by atoms with Crippen molar-refractivity contribution in [3.05, 3.63) is 59.7 Å². The van der Waals surface area contributed by atoms with Crippen molar-refractivity contribution in [2.24, 2.45) is 0 Å². The third kappa shape index (κ3) is 4.52. The van der Waals surface area contributed by atoms with Crippen LogP contribution < -0.4 is 5.32 Å². The maximum Gasteiger partial charge on any atom is 0.220 e. The molecule has 0 aliphatic rings. The van der Waals surface area contributed by atoms with Gasteiger partial charge in [0.2, 0.25) is 5.91 Å². The Labute approximate surface area is 156 Å². The Balaban J connectivity index is 1.90. The molecule has 0 saturated carbocycles. The normalized spacial score (nSPS) is 12.3. The van der Waals surface area contributed by atoms with E-state index in [0.717, 1.165) is 27.7 Å². The Kier molecular flexibility index (Phi) is 5.86. The van der Waals surface area contributed by atoms with Crippen LogP contribution in [0.25, 0.3) is 22.2 Å². The van der Waals surface area contributed by atoms with Crippen LogP contribution in [0.5, 0.6) is 0 Å². The van der Waals surface area contributed by atoms with Crippen LogP contribution in [0.4, 0.5) is 8.78 Å². The second-order valence-electron chi connectivity index (χ2n) is 6.60. The van der Waals surface area contributed by atoms with Gasteiger partial charge in [-0.15, -0.1) is 0 Å². The molecule has 0 fully saturated rings. The molecule has 0 spiro atoms. The van der Waals surface area contributed by atoms with E-state index in [-0.39, 0.29) is 30.0 Å². The van der Waals surface area contributed by atoms with E-state index in [9.17, 15) is 13.6 Å². The molecule has 1 aromatic heterocycles. The summed E-state index contributed by atoms with van der Waals surface area (Å²) in [5, 5.41) is 3.60. The lowest BCUT2D eigenvalue weighted by molar-refractivity contribution is -0.122. The predicted molar refractivity (Wildman–Crippen MR) is 101 cm³/mol. The number of methoxy groups -OCH3 is 1. The Bertz CT molecular complexity index is 935. The first kappa shape index (κ1) is 19.0. The Hall–Kier alpha value is -2.73. The number of benzene rings is 2. The van der Waals surface area contributed by atoms with E-state index in [0.29, 0.717) is 13.0 Å². The number of amides is 1. The zero-order valence-corrected chi connectivity index (χ0v) is 15.3. The molecule has 3 aromatic rings. The summed E-state index contributed by atoms with van der Waals surface area (Å²) in [6.07, 6.45) is 0.688. The minimum atomic E-state index is -0.341.